The third kappa shape index (κ3) is 3.81. The van der Waals surface area contributed by atoms with Gasteiger partial charge in [0.1, 0.15) is 0 Å². The third-order valence-corrected chi connectivity index (χ3v) is 5.44. The molecule has 1 aromatic carbocycles. The molecule has 0 radical (unpaired) electrons. The zero-order valence-corrected chi connectivity index (χ0v) is 15.0. The topological polar surface area (TPSA) is 49.0 Å². The van der Waals surface area contributed by atoms with Gasteiger partial charge in [0.05, 0.1) is 21.7 Å². The lowest BCUT2D eigenvalue weighted by Gasteiger charge is -2.27. The second kappa shape index (κ2) is 6.94. The van der Waals surface area contributed by atoms with E-state index in [1.807, 2.05) is 22.4 Å². The summed E-state index contributed by atoms with van der Waals surface area (Å²) in [5.41, 5.74) is 1.10. The fourth-order valence-corrected chi connectivity index (χ4v) is 3.92. The molecule has 0 amide bonds. The Morgan fingerprint density at radius 2 is 2.07 bits per heavy atom. The van der Waals surface area contributed by atoms with Crippen molar-refractivity contribution in [1.29, 1.82) is 0 Å². The highest BCUT2D eigenvalue weighted by atomic mass is 32.1. The zero-order valence-electron chi connectivity index (χ0n) is 14.2. The highest BCUT2D eigenvalue weighted by Gasteiger charge is 2.30. The van der Waals surface area contributed by atoms with Crippen LogP contribution >= 0.6 is 11.3 Å². The lowest BCUT2D eigenvalue weighted by Crippen LogP contribution is -2.35. The molecule has 0 spiro atoms. The number of alkyl halides is 3. The van der Waals surface area contributed by atoms with Gasteiger partial charge in [-0.1, -0.05) is 24.3 Å². The molecule has 8 heteroatoms. The molecule has 3 aromatic rings. The Hall–Kier alpha value is -2.45. The van der Waals surface area contributed by atoms with Crippen molar-refractivity contribution in [2.45, 2.75) is 25.7 Å². The number of hydrogen-bond donors (Lipinski definition) is 1. The second-order valence-electron chi connectivity index (χ2n) is 6.48. The zero-order chi connectivity index (χ0) is 19.0. The van der Waals surface area contributed by atoms with E-state index in [2.05, 4.69) is 9.97 Å². The van der Waals surface area contributed by atoms with Gasteiger partial charge < -0.3 is 4.98 Å². The number of hydrogen-bond acceptors (Lipinski definition) is 4. The summed E-state index contributed by atoms with van der Waals surface area (Å²) in [4.78, 5) is 22.8. The molecule has 1 aliphatic heterocycles. The van der Waals surface area contributed by atoms with Gasteiger partial charge in [0.25, 0.3) is 5.56 Å². The number of nitrogens with one attached hydrogen (secondary N) is 1. The van der Waals surface area contributed by atoms with Crippen LogP contribution in [0.4, 0.5) is 13.2 Å². The molecule has 0 aliphatic carbocycles. The molecule has 0 unspecified atom stereocenters. The highest BCUT2D eigenvalue weighted by molar-refractivity contribution is 7.13. The lowest BCUT2D eigenvalue weighted by atomic mass is 10.0. The fraction of sp³-hybridized carbons (Fsp3) is 0.263. The summed E-state index contributed by atoms with van der Waals surface area (Å²) in [6.07, 6.45) is -3.76. The summed E-state index contributed by atoms with van der Waals surface area (Å²) in [7, 11) is 0. The number of benzene rings is 1. The van der Waals surface area contributed by atoms with E-state index in [9.17, 15) is 18.0 Å². The number of nitrogens with zero attached hydrogens (tertiary/aromatic N) is 2. The molecule has 140 valence electrons. The van der Waals surface area contributed by atoms with Crippen molar-refractivity contribution >= 4 is 11.3 Å². The summed E-state index contributed by atoms with van der Waals surface area (Å²) < 4.78 is 38.7. The Kier molecular flexibility index (Phi) is 4.61. The second-order valence-corrected chi connectivity index (χ2v) is 7.42. The lowest BCUT2D eigenvalue weighted by molar-refractivity contribution is -0.137. The summed E-state index contributed by atoms with van der Waals surface area (Å²) in [5.74, 6) is 0.570. The number of rotatable bonds is 3. The molecule has 2 aromatic heterocycles. The number of fused-ring (bicyclic) bond motifs is 1. The monoisotopic (exact) mass is 391 g/mol. The van der Waals surface area contributed by atoms with Crippen LogP contribution in [-0.4, -0.2) is 21.4 Å². The van der Waals surface area contributed by atoms with Crippen LogP contribution in [0.25, 0.3) is 10.7 Å². The van der Waals surface area contributed by atoms with Crippen molar-refractivity contribution in [2.75, 3.05) is 6.54 Å². The standard InChI is InChI=1S/C19H16F3N3OS/c20-19(21,22)13-4-1-3-12(9-13)10-25-7-6-15-14(11-25)18(26)24-17(23-15)16-5-2-8-27-16/h1-5,8-9H,6-7,10-11H2,(H,23,24,26). The first-order chi connectivity index (χ1) is 12.9. The molecule has 3 heterocycles. The van der Waals surface area contributed by atoms with Gasteiger partial charge in [-0.2, -0.15) is 13.2 Å². The van der Waals surface area contributed by atoms with Gasteiger partial charge in [0.15, 0.2) is 5.82 Å². The number of H-pyrrole nitrogens is 1. The number of halogens is 3. The molecular weight excluding hydrogens is 375 g/mol. The van der Waals surface area contributed by atoms with Crippen molar-refractivity contribution in [3.8, 4) is 10.7 Å². The van der Waals surface area contributed by atoms with Crippen LogP contribution in [-0.2, 0) is 25.7 Å². The summed E-state index contributed by atoms with van der Waals surface area (Å²) in [5, 5.41) is 1.92. The molecule has 0 saturated heterocycles. The Morgan fingerprint density at radius 1 is 1.22 bits per heavy atom. The van der Waals surface area contributed by atoms with Crippen molar-refractivity contribution in [3.63, 3.8) is 0 Å². The molecule has 1 N–H and O–H groups in total. The summed E-state index contributed by atoms with van der Waals surface area (Å²) in [6.45, 7) is 1.37. The Balaban J connectivity index is 1.55. The molecule has 1 aliphatic rings. The highest BCUT2D eigenvalue weighted by Crippen LogP contribution is 2.30. The molecule has 0 atom stereocenters. The van der Waals surface area contributed by atoms with Crippen LogP contribution < -0.4 is 5.56 Å². The van der Waals surface area contributed by atoms with Crippen LogP contribution in [0.2, 0.25) is 0 Å². The van der Waals surface area contributed by atoms with Gasteiger partial charge in [-0.05, 0) is 23.1 Å². The molecule has 4 nitrogen and oxygen atoms in total. The van der Waals surface area contributed by atoms with E-state index in [0.29, 0.717) is 43.0 Å². The predicted molar refractivity (Wildman–Crippen MR) is 97.4 cm³/mol. The molecular formula is C19H16F3N3OS. The van der Waals surface area contributed by atoms with Gasteiger partial charge >= 0.3 is 6.18 Å². The SMILES string of the molecule is O=c1[nH]c(-c2cccs2)nc2c1CN(Cc1cccc(C(F)(F)F)c1)CC2. The molecule has 27 heavy (non-hydrogen) atoms. The first-order valence-corrected chi connectivity index (χ1v) is 9.32. The minimum atomic E-state index is -4.36. The largest absolute Gasteiger partial charge is 0.416 e. The first kappa shape index (κ1) is 17.9. The average molecular weight is 391 g/mol. The van der Waals surface area contributed by atoms with Crippen molar-refractivity contribution in [1.82, 2.24) is 14.9 Å². The number of thiophene rings is 1. The van der Waals surface area contributed by atoms with E-state index in [-0.39, 0.29) is 5.56 Å². The van der Waals surface area contributed by atoms with E-state index in [0.717, 1.165) is 22.7 Å². The average Bonchev–Trinajstić information content (AvgIpc) is 3.16. The maximum absolute atomic E-state index is 12.9. The van der Waals surface area contributed by atoms with Crippen LogP contribution in [0.1, 0.15) is 22.4 Å². The maximum Gasteiger partial charge on any atom is 0.416 e. The van der Waals surface area contributed by atoms with Gasteiger partial charge in [-0.25, -0.2) is 4.98 Å². The third-order valence-electron chi connectivity index (χ3n) is 4.56. The van der Waals surface area contributed by atoms with Crippen molar-refractivity contribution in [2.24, 2.45) is 0 Å². The summed E-state index contributed by atoms with van der Waals surface area (Å²) in [6, 6.07) is 9.12. The van der Waals surface area contributed by atoms with Gasteiger partial charge in [0.2, 0.25) is 0 Å². The van der Waals surface area contributed by atoms with E-state index in [4.69, 9.17) is 0 Å². The van der Waals surface area contributed by atoms with Crippen LogP contribution in [0.15, 0.2) is 46.6 Å². The maximum atomic E-state index is 12.9. The van der Waals surface area contributed by atoms with E-state index in [1.54, 1.807) is 6.07 Å². The minimum Gasteiger partial charge on any atom is -0.306 e. The minimum absolute atomic E-state index is 0.183. The quantitative estimate of drug-likeness (QED) is 0.732. The van der Waals surface area contributed by atoms with Crippen LogP contribution in [0, 0.1) is 0 Å². The fourth-order valence-electron chi connectivity index (χ4n) is 3.25. The van der Waals surface area contributed by atoms with E-state index < -0.39 is 11.7 Å². The number of aromatic amines is 1. The normalized spacial score (nSPS) is 14.9. The Morgan fingerprint density at radius 3 is 2.81 bits per heavy atom. The molecule has 0 bridgehead atoms. The van der Waals surface area contributed by atoms with Crippen LogP contribution in [0.3, 0.4) is 0 Å². The smallest absolute Gasteiger partial charge is 0.306 e. The first-order valence-electron chi connectivity index (χ1n) is 8.44. The molecule has 0 saturated carbocycles. The summed E-state index contributed by atoms with van der Waals surface area (Å²) >= 11 is 1.51. The van der Waals surface area contributed by atoms with E-state index >= 15 is 0 Å². The van der Waals surface area contributed by atoms with Crippen LogP contribution in [0.5, 0.6) is 0 Å². The molecule has 0 fully saturated rings. The van der Waals surface area contributed by atoms with Crippen molar-refractivity contribution in [3.05, 3.63) is 74.5 Å². The Bertz CT molecular complexity index is 1010. The van der Waals surface area contributed by atoms with Gasteiger partial charge in [0, 0.05) is 26.1 Å². The number of aromatic nitrogens is 2. The Labute approximate surface area is 157 Å². The van der Waals surface area contributed by atoms with Crippen molar-refractivity contribution < 1.29 is 13.2 Å². The van der Waals surface area contributed by atoms with Gasteiger partial charge in [-0.3, -0.25) is 9.69 Å². The predicted octanol–water partition coefficient (Wildman–Crippen LogP) is 4.08. The molecule has 4 rings (SSSR count). The van der Waals surface area contributed by atoms with Gasteiger partial charge in [-0.15, -0.1) is 11.3 Å². The van der Waals surface area contributed by atoms with E-state index in [1.165, 1.54) is 17.4 Å².